The smallest absolute Gasteiger partial charge is 0.387 e. The second-order valence-electron chi connectivity index (χ2n) is 13.8. The number of aliphatic hydroxyl groups is 1. The highest BCUT2D eigenvalue weighted by atomic mass is 31.2. The van der Waals surface area contributed by atoms with Crippen molar-refractivity contribution < 1.29 is 28.4 Å². The lowest BCUT2D eigenvalue weighted by Gasteiger charge is -2.23. The maximum absolute atomic E-state index is 12.7. The predicted molar refractivity (Wildman–Crippen MR) is 217 cm³/mol. The topological polar surface area (TPSA) is 131 Å². The molecule has 0 radical (unpaired) electrons. The molecule has 0 saturated carbocycles. The first-order valence-electron chi connectivity index (χ1n) is 20.8. The molecule has 9 heteroatoms. The molecule has 0 aliphatic carbocycles. The molecule has 5 N–H and O–H groups in total. The average molecular weight is 739 g/mol. The summed E-state index contributed by atoms with van der Waals surface area (Å²) < 4.78 is 22.1. The van der Waals surface area contributed by atoms with E-state index in [1.165, 1.54) is 116 Å². The number of hydrogen-bond donors (Lipinski definition) is 4. The van der Waals surface area contributed by atoms with Gasteiger partial charge in [-0.25, -0.2) is 4.57 Å². The van der Waals surface area contributed by atoms with Crippen LogP contribution in [0.5, 0.6) is 0 Å². The summed E-state index contributed by atoms with van der Waals surface area (Å²) in [5.74, 6) is -0.211. The van der Waals surface area contributed by atoms with E-state index in [0.29, 0.717) is 6.42 Å². The lowest BCUT2D eigenvalue weighted by atomic mass is 10.1. The number of carbonyl (C=O) groups excluding carboxylic acids is 1. The number of allylic oxidation sites excluding steroid dienone is 7. The maximum atomic E-state index is 12.7. The van der Waals surface area contributed by atoms with E-state index >= 15 is 0 Å². The molecule has 0 fully saturated rings. The van der Waals surface area contributed by atoms with Gasteiger partial charge in [0.2, 0.25) is 5.91 Å². The lowest BCUT2D eigenvalue weighted by molar-refractivity contribution is -0.123. The van der Waals surface area contributed by atoms with Crippen molar-refractivity contribution in [2.75, 3.05) is 19.8 Å². The molecular formula is C42H79N2O6P. The zero-order valence-electron chi connectivity index (χ0n) is 32.8. The first-order chi connectivity index (χ1) is 24.9. The van der Waals surface area contributed by atoms with Crippen molar-refractivity contribution in [3.63, 3.8) is 0 Å². The van der Waals surface area contributed by atoms with Crippen LogP contribution in [0.1, 0.15) is 181 Å². The number of nitrogens with one attached hydrogen (secondary N) is 1. The summed E-state index contributed by atoms with van der Waals surface area (Å²) in [5.41, 5.74) is 5.36. The van der Waals surface area contributed by atoms with Gasteiger partial charge >= 0.3 is 7.82 Å². The van der Waals surface area contributed by atoms with Gasteiger partial charge in [-0.3, -0.25) is 13.8 Å². The SMILES string of the molecule is CCCCC/C=C\C/C=C\CCCCCCCCCCCC(=O)NC(COP(=O)(O)OCCN)C(O)/C=C/CC/C=C/CCCCCCCCC. The number of aliphatic hydroxyl groups excluding tert-OH is 1. The number of phosphoric acid groups is 1. The van der Waals surface area contributed by atoms with Gasteiger partial charge in [0.05, 0.1) is 25.4 Å². The summed E-state index contributed by atoms with van der Waals surface area (Å²) in [7, 11) is -4.34. The van der Waals surface area contributed by atoms with Gasteiger partial charge in [-0.05, 0) is 64.2 Å². The van der Waals surface area contributed by atoms with Crippen molar-refractivity contribution in [1.82, 2.24) is 5.32 Å². The van der Waals surface area contributed by atoms with E-state index in [1.807, 2.05) is 6.08 Å². The van der Waals surface area contributed by atoms with Crippen LogP contribution in [-0.2, 0) is 18.4 Å². The Labute approximate surface area is 313 Å². The van der Waals surface area contributed by atoms with Gasteiger partial charge in [0.15, 0.2) is 0 Å². The highest BCUT2D eigenvalue weighted by Gasteiger charge is 2.26. The minimum Gasteiger partial charge on any atom is -0.387 e. The number of unbranched alkanes of at least 4 members (excludes halogenated alkanes) is 20. The summed E-state index contributed by atoms with van der Waals surface area (Å²) in [6.07, 6.45) is 45.8. The van der Waals surface area contributed by atoms with Crippen molar-refractivity contribution in [1.29, 1.82) is 0 Å². The van der Waals surface area contributed by atoms with Crippen LogP contribution in [0, 0.1) is 0 Å². The van der Waals surface area contributed by atoms with Gasteiger partial charge in [-0.15, -0.1) is 0 Å². The van der Waals surface area contributed by atoms with Gasteiger partial charge in [-0.1, -0.05) is 159 Å². The molecule has 0 aliphatic heterocycles. The Balaban J connectivity index is 4.26. The van der Waals surface area contributed by atoms with Crippen LogP contribution in [0.4, 0.5) is 0 Å². The highest BCUT2D eigenvalue weighted by molar-refractivity contribution is 7.47. The summed E-state index contributed by atoms with van der Waals surface area (Å²) in [6, 6.07) is -0.879. The number of rotatable bonds is 38. The highest BCUT2D eigenvalue weighted by Crippen LogP contribution is 2.43. The normalized spacial score (nSPS) is 14.7. The molecule has 0 spiro atoms. The second kappa shape index (κ2) is 38.2. The first-order valence-corrected chi connectivity index (χ1v) is 22.3. The van der Waals surface area contributed by atoms with E-state index in [0.717, 1.165) is 44.9 Å². The van der Waals surface area contributed by atoms with E-state index in [9.17, 15) is 19.4 Å². The number of carbonyl (C=O) groups is 1. The lowest BCUT2D eigenvalue weighted by Crippen LogP contribution is -2.45. The van der Waals surface area contributed by atoms with E-state index in [4.69, 9.17) is 14.8 Å². The largest absolute Gasteiger partial charge is 0.472 e. The summed E-state index contributed by atoms with van der Waals surface area (Å²) >= 11 is 0. The van der Waals surface area contributed by atoms with Crippen molar-refractivity contribution in [3.05, 3.63) is 48.6 Å². The Morgan fingerprint density at radius 2 is 1.10 bits per heavy atom. The molecule has 1 amide bonds. The van der Waals surface area contributed by atoms with E-state index in [-0.39, 0.29) is 25.7 Å². The van der Waals surface area contributed by atoms with Crippen molar-refractivity contribution in [2.45, 2.75) is 193 Å². The molecule has 0 heterocycles. The molecule has 0 bridgehead atoms. The van der Waals surface area contributed by atoms with Gasteiger partial charge in [0.25, 0.3) is 0 Å². The van der Waals surface area contributed by atoms with Gasteiger partial charge in [0.1, 0.15) is 0 Å². The molecular weight excluding hydrogens is 659 g/mol. The fourth-order valence-corrected chi connectivity index (χ4v) is 6.47. The average Bonchev–Trinajstić information content (AvgIpc) is 3.12. The van der Waals surface area contributed by atoms with Gasteiger partial charge in [-0.2, -0.15) is 0 Å². The molecule has 0 aromatic heterocycles. The standard InChI is InChI=1S/C42H79N2O6P/c1-3-5-7-9-11-13-15-17-18-19-20-21-22-24-26-28-30-32-34-36-42(46)44-40(39-50-51(47,48)49-38-37-43)41(45)35-33-31-29-27-25-23-16-14-12-10-8-6-4-2/h11,13,17-18,25,27,33,35,40-41,45H,3-10,12,14-16,19-24,26,28-32,34,36-39,43H2,1-2H3,(H,44,46)(H,47,48)/b13-11-,18-17-,27-25+,35-33+. The number of hydrogen-bond acceptors (Lipinski definition) is 6. The van der Waals surface area contributed by atoms with E-state index in [1.54, 1.807) is 6.08 Å². The molecule has 0 aliphatic rings. The molecule has 3 atom stereocenters. The van der Waals surface area contributed by atoms with Crippen LogP contribution in [0.2, 0.25) is 0 Å². The molecule has 51 heavy (non-hydrogen) atoms. The molecule has 8 nitrogen and oxygen atoms in total. The van der Waals surface area contributed by atoms with Crippen molar-refractivity contribution in [3.8, 4) is 0 Å². The maximum Gasteiger partial charge on any atom is 0.472 e. The van der Waals surface area contributed by atoms with Gasteiger partial charge in [0, 0.05) is 13.0 Å². The number of amides is 1. The number of phosphoric ester groups is 1. The number of nitrogens with two attached hydrogens (primary N) is 1. The third-order valence-electron chi connectivity index (χ3n) is 8.88. The fourth-order valence-electron chi connectivity index (χ4n) is 5.71. The quantitative estimate of drug-likeness (QED) is 0.0282. The summed E-state index contributed by atoms with van der Waals surface area (Å²) in [6.45, 7) is 4.06. The van der Waals surface area contributed by atoms with Gasteiger partial charge < -0.3 is 21.1 Å². The zero-order valence-corrected chi connectivity index (χ0v) is 33.7. The minimum atomic E-state index is -4.34. The molecule has 0 aromatic carbocycles. The van der Waals surface area contributed by atoms with Crippen molar-refractivity contribution in [2.24, 2.45) is 5.73 Å². The Hall–Kier alpha value is -1.54. The molecule has 0 aromatic rings. The Morgan fingerprint density at radius 1 is 0.647 bits per heavy atom. The van der Waals surface area contributed by atoms with Crippen LogP contribution < -0.4 is 11.1 Å². The molecule has 3 unspecified atom stereocenters. The summed E-state index contributed by atoms with van der Waals surface area (Å²) in [5, 5.41) is 13.6. The predicted octanol–water partition coefficient (Wildman–Crippen LogP) is 11.3. The Morgan fingerprint density at radius 3 is 1.67 bits per heavy atom. The fraction of sp³-hybridized carbons (Fsp3) is 0.786. The third-order valence-corrected chi connectivity index (χ3v) is 9.86. The van der Waals surface area contributed by atoms with Crippen molar-refractivity contribution >= 4 is 13.7 Å². The molecule has 0 rings (SSSR count). The summed E-state index contributed by atoms with van der Waals surface area (Å²) in [4.78, 5) is 22.6. The molecule has 0 saturated heterocycles. The zero-order chi connectivity index (χ0) is 37.5. The Kier molecular flexibility index (Phi) is 37.0. The van der Waals surface area contributed by atoms with Crippen LogP contribution in [0.25, 0.3) is 0 Å². The van der Waals surface area contributed by atoms with E-state index < -0.39 is 20.0 Å². The first kappa shape index (κ1) is 49.5. The molecule has 298 valence electrons. The second-order valence-corrected chi connectivity index (χ2v) is 15.3. The monoisotopic (exact) mass is 739 g/mol. The minimum absolute atomic E-state index is 0.0719. The Bertz CT molecular complexity index is 938. The van der Waals surface area contributed by atoms with E-state index in [2.05, 4.69) is 55.6 Å². The van der Waals surface area contributed by atoms with Crippen LogP contribution in [-0.4, -0.2) is 47.8 Å². The van der Waals surface area contributed by atoms with Crippen LogP contribution >= 0.6 is 7.82 Å². The third kappa shape index (κ3) is 36.6. The van der Waals surface area contributed by atoms with Crippen LogP contribution in [0.15, 0.2) is 48.6 Å². The van der Waals surface area contributed by atoms with Crippen LogP contribution in [0.3, 0.4) is 0 Å².